The van der Waals surface area contributed by atoms with E-state index in [-0.39, 0.29) is 5.41 Å². The number of allylic oxidation sites excluding steroid dienone is 4. The lowest BCUT2D eigenvalue weighted by molar-refractivity contribution is 0.486. The van der Waals surface area contributed by atoms with E-state index >= 15 is 0 Å². The number of nitrogens with zero attached hydrogens (tertiary/aromatic N) is 1. The maximum absolute atomic E-state index is 8.91. The topological polar surface area (TPSA) is 23.8 Å². The molecular weight excluding hydrogens is 278 g/mol. The lowest BCUT2D eigenvalue weighted by Gasteiger charge is -2.33. The largest absolute Gasteiger partial charge is 0.192 e. The van der Waals surface area contributed by atoms with Gasteiger partial charge in [0.05, 0.1) is 11.6 Å². The second kappa shape index (κ2) is 6.67. The summed E-state index contributed by atoms with van der Waals surface area (Å²) in [5.41, 5.74) is 4.65. The molecule has 2 aromatic carbocycles. The van der Waals surface area contributed by atoms with E-state index < -0.39 is 0 Å². The average Bonchev–Trinajstić information content (AvgIpc) is 2.63. The molecule has 0 aromatic heterocycles. The van der Waals surface area contributed by atoms with Gasteiger partial charge in [-0.25, -0.2) is 0 Å². The van der Waals surface area contributed by atoms with Gasteiger partial charge in [0.15, 0.2) is 0 Å². The zero-order valence-corrected chi connectivity index (χ0v) is 13.5. The molecule has 2 aromatic rings. The molecule has 1 unspecified atom stereocenters. The van der Waals surface area contributed by atoms with Crippen molar-refractivity contribution >= 4 is 5.57 Å². The predicted molar refractivity (Wildman–Crippen MR) is 95.9 cm³/mol. The Balaban J connectivity index is 1.88. The summed E-state index contributed by atoms with van der Waals surface area (Å²) in [7, 11) is 0. The van der Waals surface area contributed by atoms with E-state index in [4.69, 9.17) is 5.26 Å². The molecule has 0 bridgehead atoms. The molecule has 23 heavy (non-hydrogen) atoms. The second-order valence-electron chi connectivity index (χ2n) is 6.16. The van der Waals surface area contributed by atoms with Crippen molar-refractivity contribution in [2.24, 2.45) is 0 Å². The Morgan fingerprint density at radius 1 is 1.04 bits per heavy atom. The molecule has 1 aliphatic rings. The van der Waals surface area contributed by atoms with Crippen molar-refractivity contribution in [3.63, 3.8) is 0 Å². The van der Waals surface area contributed by atoms with E-state index in [0.29, 0.717) is 5.56 Å². The highest BCUT2D eigenvalue weighted by Crippen LogP contribution is 2.39. The van der Waals surface area contributed by atoms with Crippen LogP contribution < -0.4 is 0 Å². The molecule has 0 fully saturated rings. The third kappa shape index (κ3) is 3.12. The fraction of sp³-hybridized carbons (Fsp3) is 0.227. The molecule has 0 amide bonds. The number of hydrogen-bond donors (Lipinski definition) is 0. The number of hydrogen-bond acceptors (Lipinski definition) is 1. The van der Waals surface area contributed by atoms with Gasteiger partial charge in [0.1, 0.15) is 0 Å². The first kappa shape index (κ1) is 15.3. The van der Waals surface area contributed by atoms with Gasteiger partial charge in [-0.3, -0.25) is 0 Å². The van der Waals surface area contributed by atoms with Crippen molar-refractivity contribution in [2.75, 3.05) is 0 Å². The third-order valence-electron chi connectivity index (χ3n) is 4.66. The second-order valence-corrected chi connectivity index (χ2v) is 6.16. The van der Waals surface area contributed by atoms with Crippen molar-refractivity contribution in [1.82, 2.24) is 0 Å². The highest BCUT2D eigenvalue weighted by molar-refractivity contribution is 5.76. The van der Waals surface area contributed by atoms with Gasteiger partial charge in [0, 0.05) is 5.41 Å². The first-order chi connectivity index (χ1) is 11.3. The summed E-state index contributed by atoms with van der Waals surface area (Å²) in [4.78, 5) is 0. The summed E-state index contributed by atoms with van der Waals surface area (Å²) in [6.45, 7) is 2.25. The minimum atomic E-state index is 0.117. The van der Waals surface area contributed by atoms with Crippen molar-refractivity contribution in [2.45, 2.75) is 31.6 Å². The summed E-state index contributed by atoms with van der Waals surface area (Å²) in [5.74, 6) is 0. The standard InChI is InChI=1S/C22H21N/c1-2-14-22(21-6-4-3-5-7-21)15-12-20(13-16-22)19-10-8-18(17-23)9-11-19/h3-13,15H,2,14,16H2,1H3. The Kier molecular flexibility index (Phi) is 4.44. The SMILES string of the molecule is CCCC1(c2ccccc2)C=CC(c2ccc(C#N)cc2)=CC1. The molecule has 114 valence electrons. The molecular formula is C22H21N. The van der Waals surface area contributed by atoms with Crippen molar-refractivity contribution in [1.29, 1.82) is 5.26 Å². The van der Waals surface area contributed by atoms with Crippen LogP contribution in [0.4, 0.5) is 0 Å². The Morgan fingerprint density at radius 3 is 2.35 bits per heavy atom. The van der Waals surface area contributed by atoms with E-state index in [1.165, 1.54) is 23.1 Å². The van der Waals surface area contributed by atoms with E-state index in [0.717, 1.165) is 12.8 Å². The van der Waals surface area contributed by atoms with Gasteiger partial charge < -0.3 is 0 Å². The van der Waals surface area contributed by atoms with Crippen LogP contribution in [-0.4, -0.2) is 0 Å². The van der Waals surface area contributed by atoms with Crippen LogP contribution in [0.2, 0.25) is 0 Å². The van der Waals surface area contributed by atoms with Gasteiger partial charge in [0.2, 0.25) is 0 Å². The van der Waals surface area contributed by atoms with Crippen LogP contribution in [0.25, 0.3) is 5.57 Å². The van der Waals surface area contributed by atoms with Crippen molar-refractivity contribution < 1.29 is 0 Å². The van der Waals surface area contributed by atoms with Gasteiger partial charge in [0.25, 0.3) is 0 Å². The van der Waals surface area contributed by atoms with Gasteiger partial charge in [-0.15, -0.1) is 0 Å². The van der Waals surface area contributed by atoms with E-state index in [9.17, 15) is 0 Å². The Labute approximate surface area is 138 Å². The highest BCUT2D eigenvalue weighted by Gasteiger charge is 2.29. The first-order valence-electron chi connectivity index (χ1n) is 8.23. The van der Waals surface area contributed by atoms with Crippen LogP contribution in [0.5, 0.6) is 0 Å². The number of nitriles is 1. The van der Waals surface area contributed by atoms with Gasteiger partial charge in [-0.2, -0.15) is 5.26 Å². The minimum Gasteiger partial charge on any atom is -0.192 e. The summed E-state index contributed by atoms with van der Waals surface area (Å²) in [6.07, 6.45) is 10.3. The minimum absolute atomic E-state index is 0.117. The highest BCUT2D eigenvalue weighted by atomic mass is 14.3. The lowest BCUT2D eigenvalue weighted by Crippen LogP contribution is -2.24. The normalized spacial score (nSPS) is 19.9. The molecule has 3 rings (SSSR count). The van der Waals surface area contributed by atoms with Gasteiger partial charge >= 0.3 is 0 Å². The Hall–Kier alpha value is -2.59. The molecule has 0 saturated carbocycles. The average molecular weight is 299 g/mol. The lowest BCUT2D eigenvalue weighted by atomic mass is 9.71. The zero-order chi connectivity index (χ0) is 16.1. The maximum Gasteiger partial charge on any atom is 0.0991 e. The Morgan fingerprint density at radius 2 is 1.78 bits per heavy atom. The van der Waals surface area contributed by atoms with Crippen LogP contribution in [0.1, 0.15) is 42.9 Å². The maximum atomic E-state index is 8.91. The molecule has 1 aliphatic carbocycles. The Bertz CT molecular complexity index is 760. The van der Waals surface area contributed by atoms with Crippen LogP contribution in [-0.2, 0) is 5.41 Å². The molecule has 0 N–H and O–H groups in total. The molecule has 1 atom stereocenters. The molecule has 1 nitrogen and oxygen atoms in total. The third-order valence-corrected chi connectivity index (χ3v) is 4.66. The molecule has 0 heterocycles. The van der Waals surface area contributed by atoms with Crippen molar-refractivity contribution in [3.8, 4) is 6.07 Å². The van der Waals surface area contributed by atoms with Crippen molar-refractivity contribution in [3.05, 3.63) is 89.5 Å². The summed E-state index contributed by atoms with van der Waals surface area (Å²) in [5, 5.41) is 8.91. The molecule has 0 saturated heterocycles. The van der Waals surface area contributed by atoms with E-state index in [1.54, 1.807) is 0 Å². The molecule has 1 heteroatoms. The van der Waals surface area contributed by atoms with E-state index in [2.05, 4.69) is 61.6 Å². The number of rotatable bonds is 4. The predicted octanol–water partition coefficient (Wildman–Crippen LogP) is 5.64. The molecule has 0 aliphatic heterocycles. The van der Waals surface area contributed by atoms with Gasteiger partial charge in [-0.1, -0.05) is 74.0 Å². The smallest absolute Gasteiger partial charge is 0.0991 e. The van der Waals surface area contributed by atoms with Crippen LogP contribution in [0, 0.1) is 11.3 Å². The van der Waals surface area contributed by atoms with Crippen LogP contribution >= 0.6 is 0 Å². The van der Waals surface area contributed by atoms with Crippen LogP contribution in [0.3, 0.4) is 0 Å². The fourth-order valence-corrected chi connectivity index (χ4v) is 3.39. The summed E-state index contributed by atoms with van der Waals surface area (Å²) >= 11 is 0. The number of benzene rings is 2. The molecule has 0 spiro atoms. The summed E-state index contributed by atoms with van der Waals surface area (Å²) < 4.78 is 0. The summed E-state index contributed by atoms with van der Waals surface area (Å²) in [6, 6.07) is 20.8. The quantitative estimate of drug-likeness (QED) is 0.716. The van der Waals surface area contributed by atoms with E-state index in [1.807, 2.05) is 24.3 Å². The fourth-order valence-electron chi connectivity index (χ4n) is 3.39. The first-order valence-corrected chi connectivity index (χ1v) is 8.23. The zero-order valence-electron chi connectivity index (χ0n) is 13.5. The van der Waals surface area contributed by atoms with Crippen LogP contribution in [0.15, 0.2) is 72.8 Å². The van der Waals surface area contributed by atoms with Gasteiger partial charge in [-0.05, 0) is 41.7 Å². The molecule has 0 radical (unpaired) electrons. The monoisotopic (exact) mass is 299 g/mol.